The zero-order valence-electron chi connectivity index (χ0n) is 31.6. The van der Waals surface area contributed by atoms with Gasteiger partial charge in [-0.3, -0.25) is 4.79 Å². The fourth-order valence-corrected chi connectivity index (χ4v) is 5.48. The average Bonchev–Trinajstić information content (AvgIpc) is 3.06. The average molecular weight is 739 g/mol. The van der Waals surface area contributed by atoms with E-state index in [1.165, 1.54) is 19.2 Å². The van der Waals surface area contributed by atoms with Crippen LogP contribution in [0, 0.1) is 55.4 Å². The number of carbonyl (C=O) groups is 4. The molecule has 0 amide bonds. The summed E-state index contributed by atoms with van der Waals surface area (Å²) in [6, 6.07) is 13.1. The minimum Gasteiger partial charge on any atom is -0.507 e. The van der Waals surface area contributed by atoms with Crippen molar-refractivity contribution in [2.75, 3.05) is 28.4 Å². The van der Waals surface area contributed by atoms with Crippen LogP contribution in [0.15, 0.2) is 48.5 Å². The summed E-state index contributed by atoms with van der Waals surface area (Å²) >= 11 is 5.36. The number of esters is 1. The van der Waals surface area contributed by atoms with Crippen LogP contribution in [0.1, 0.15) is 85.9 Å². The van der Waals surface area contributed by atoms with Gasteiger partial charge in [-0.2, -0.15) is 0 Å². The zero-order valence-corrected chi connectivity index (χ0v) is 32.4. The predicted molar refractivity (Wildman–Crippen MR) is 200 cm³/mol. The van der Waals surface area contributed by atoms with Crippen LogP contribution in [0.3, 0.4) is 0 Å². The Labute approximate surface area is 309 Å². The lowest BCUT2D eigenvalue weighted by molar-refractivity contribution is 0.0598. The molecule has 0 unspecified atom stereocenters. The summed E-state index contributed by atoms with van der Waals surface area (Å²) in [5, 5.41) is 26.3. The molecule has 0 saturated heterocycles. The number of aromatic hydroxyl groups is 1. The molecule has 12 heteroatoms. The van der Waals surface area contributed by atoms with Gasteiger partial charge in [0.2, 0.25) is 0 Å². The number of ether oxygens (including phenoxy) is 4. The Kier molecular flexibility index (Phi) is 17.4. The molecule has 52 heavy (non-hydrogen) atoms. The molecular formula is C40H47ClO11. The third-order valence-electron chi connectivity index (χ3n) is 7.63. The van der Waals surface area contributed by atoms with E-state index in [1.807, 2.05) is 41.5 Å². The van der Waals surface area contributed by atoms with Crippen molar-refractivity contribution in [3.63, 3.8) is 0 Å². The van der Waals surface area contributed by atoms with Crippen LogP contribution in [0.5, 0.6) is 23.0 Å². The van der Waals surface area contributed by atoms with Crippen LogP contribution >= 0.6 is 11.6 Å². The Hall–Kier alpha value is -5.55. The smallest absolute Gasteiger partial charge is 0.337 e. The van der Waals surface area contributed by atoms with Gasteiger partial charge in [0, 0.05) is 5.56 Å². The molecule has 0 fully saturated rings. The maximum Gasteiger partial charge on any atom is 0.337 e. The molecule has 0 aromatic heterocycles. The molecular weight excluding hydrogens is 692 g/mol. The van der Waals surface area contributed by atoms with E-state index in [4.69, 9.17) is 36.0 Å². The Bertz CT molecular complexity index is 1770. The number of carbonyl (C=O) groups excluding carboxylic acids is 2. The molecule has 0 aliphatic carbocycles. The van der Waals surface area contributed by atoms with E-state index in [0.717, 1.165) is 50.6 Å². The summed E-state index contributed by atoms with van der Waals surface area (Å²) < 4.78 is 20.1. The second kappa shape index (κ2) is 20.3. The third-order valence-corrected chi connectivity index (χ3v) is 7.84. The molecule has 4 aromatic rings. The first-order valence-corrected chi connectivity index (χ1v) is 16.1. The molecule has 4 rings (SSSR count). The molecule has 0 radical (unpaired) electrons. The number of halogens is 1. The number of phenolic OH excluding ortho intramolecular Hbond substituents is 1. The van der Waals surface area contributed by atoms with Gasteiger partial charge in [-0.05, 0) is 160 Å². The SMILES string of the molecule is COC(=O)c1cc(C)c(OC)c(C)c1.COc1c(C)cc(C(=O)Cl)cc1C.COc1c(C)cc(C(=O)O)cc1C.Cc1cc(C(=O)O)cc(C)c1O. The minimum atomic E-state index is -0.971. The summed E-state index contributed by atoms with van der Waals surface area (Å²) in [5.74, 6) is 0.346. The lowest BCUT2D eigenvalue weighted by Gasteiger charge is -2.09. The number of methoxy groups -OCH3 is 4. The van der Waals surface area contributed by atoms with Gasteiger partial charge in [0.1, 0.15) is 23.0 Å². The van der Waals surface area contributed by atoms with Gasteiger partial charge in [-0.1, -0.05) is 0 Å². The summed E-state index contributed by atoms with van der Waals surface area (Å²) in [6.45, 7) is 14.6. The predicted octanol–water partition coefficient (Wildman–Crippen LogP) is 8.51. The van der Waals surface area contributed by atoms with Gasteiger partial charge in [-0.25, -0.2) is 14.4 Å². The first-order valence-electron chi connectivity index (χ1n) is 15.7. The van der Waals surface area contributed by atoms with Crippen LogP contribution in [0.4, 0.5) is 0 Å². The highest BCUT2D eigenvalue weighted by Gasteiger charge is 2.12. The van der Waals surface area contributed by atoms with Crippen molar-refractivity contribution in [3.05, 3.63) is 115 Å². The van der Waals surface area contributed by atoms with E-state index in [0.29, 0.717) is 27.8 Å². The van der Waals surface area contributed by atoms with Crippen molar-refractivity contribution >= 4 is 34.8 Å². The lowest BCUT2D eigenvalue weighted by Crippen LogP contribution is -2.03. The Morgan fingerprint density at radius 2 is 0.712 bits per heavy atom. The van der Waals surface area contributed by atoms with E-state index in [-0.39, 0.29) is 17.3 Å². The topological polar surface area (TPSA) is 166 Å². The highest BCUT2D eigenvalue weighted by Crippen LogP contribution is 2.27. The standard InChI is InChI=1S/C11H14O3.C10H11ClO2.C10H12O3.C9H10O3/c1-7-5-9(11(12)14-4)6-8(2)10(7)13-3;2*1-6-4-8(10(11)12)5-7(2)9(6)13-3;1-5-3-7(9(11)12)4-6(2)8(5)10/h5-6H,1-4H3;4-5H,1-3H3;4-5H,1-3H3,(H,11,12);3-4,10H,1-2H3,(H,11,12). The van der Waals surface area contributed by atoms with Crippen molar-refractivity contribution in [1.82, 2.24) is 0 Å². The molecule has 0 spiro atoms. The first kappa shape index (κ1) is 44.5. The second-order valence-corrected chi connectivity index (χ2v) is 12.1. The Morgan fingerprint density at radius 1 is 0.462 bits per heavy atom. The van der Waals surface area contributed by atoms with Gasteiger partial charge in [0.15, 0.2) is 0 Å². The van der Waals surface area contributed by atoms with Gasteiger partial charge in [0.25, 0.3) is 5.24 Å². The molecule has 0 bridgehead atoms. The number of benzene rings is 4. The molecule has 0 aliphatic rings. The number of aryl methyl sites for hydroxylation is 8. The molecule has 280 valence electrons. The maximum absolute atomic E-state index is 11.3. The van der Waals surface area contributed by atoms with E-state index in [9.17, 15) is 24.3 Å². The summed E-state index contributed by atoms with van der Waals surface area (Å²) in [5.41, 5.74) is 8.18. The molecule has 0 saturated carbocycles. The van der Waals surface area contributed by atoms with Crippen molar-refractivity contribution in [1.29, 1.82) is 0 Å². The minimum absolute atomic E-state index is 0.167. The monoisotopic (exact) mass is 738 g/mol. The zero-order chi connectivity index (χ0) is 40.0. The first-order chi connectivity index (χ1) is 24.2. The number of phenols is 1. The second-order valence-electron chi connectivity index (χ2n) is 11.8. The molecule has 0 aliphatic heterocycles. The van der Waals surface area contributed by atoms with Crippen LogP contribution < -0.4 is 14.2 Å². The van der Waals surface area contributed by atoms with E-state index in [2.05, 4.69) is 4.74 Å². The van der Waals surface area contributed by atoms with Gasteiger partial charge in [0.05, 0.1) is 45.1 Å². The highest BCUT2D eigenvalue weighted by atomic mass is 35.5. The maximum atomic E-state index is 11.3. The molecule has 4 aromatic carbocycles. The summed E-state index contributed by atoms with van der Waals surface area (Å²) in [6.07, 6.45) is 0. The van der Waals surface area contributed by atoms with Crippen LogP contribution in [0.25, 0.3) is 0 Å². The Morgan fingerprint density at radius 3 is 0.942 bits per heavy atom. The van der Waals surface area contributed by atoms with E-state index >= 15 is 0 Å². The van der Waals surface area contributed by atoms with Crippen molar-refractivity contribution in [3.8, 4) is 23.0 Å². The largest absolute Gasteiger partial charge is 0.507 e. The van der Waals surface area contributed by atoms with E-state index in [1.54, 1.807) is 71.6 Å². The Balaban J connectivity index is 0.000000347. The lowest BCUT2D eigenvalue weighted by atomic mass is 10.1. The number of hydrogen-bond acceptors (Lipinski definition) is 9. The van der Waals surface area contributed by atoms with Crippen molar-refractivity contribution in [2.24, 2.45) is 0 Å². The third kappa shape index (κ3) is 12.3. The quantitative estimate of drug-likeness (QED) is 0.123. The summed E-state index contributed by atoms with van der Waals surface area (Å²) in [7, 11) is 6.18. The van der Waals surface area contributed by atoms with Crippen LogP contribution in [0.2, 0.25) is 0 Å². The molecule has 3 N–H and O–H groups in total. The highest BCUT2D eigenvalue weighted by molar-refractivity contribution is 6.67. The normalized spacial score (nSPS) is 9.79. The number of hydrogen-bond donors (Lipinski definition) is 3. The molecule has 0 atom stereocenters. The fraction of sp³-hybridized carbons (Fsp3) is 0.300. The van der Waals surface area contributed by atoms with Gasteiger partial charge in [-0.15, -0.1) is 0 Å². The number of carboxylic acids is 2. The van der Waals surface area contributed by atoms with Gasteiger partial charge < -0.3 is 34.3 Å². The van der Waals surface area contributed by atoms with Gasteiger partial charge >= 0.3 is 17.9 Å². The van der Waals surface area contributed by atoms with Crippen molar-refractivity contribution in [2.45, 2.75) is 55.4 Å². The van der Waals surface area contributed by atoms with Crippen LogP contribution in [-0.2, 0) is 4.74 Å². The van der Waals surface area contributed by atoms with E-state index < -0.39 is 17.2 Å². The number of rotatable bonds is 7. The number of carboxylic acid groups (broad SMARTS) is 2. The molecule has 11 nitrogen and oxygen atoms in total. The van der Waals surface area contributed by atoms with Crippen LogP contribution in [-0.4, -0.2) is 66.9 Å². The molecule has 0 heterocycles. The summed E-state index contributed by atoms with van der Waals surface area (Å²) in [4.78, 5) is 43.3. The number of aromatic carboxylic acids is 2. The fourth-order valence-electron chi connectivity index (χ4n) is 5.37. The van der Waals surface area contributed by atoms with Crippen molar-refractivity contribution < 1.29 is 53.4 Å².